The number of aromatic nitrogens is 2. The van der Waals surface area contributed by atoms with Crippen molar-refractivity contribution in [3.63, 3.8) is 0 Å². The molecule has 3 rings (SSSR count). The van der Waals surface area contributed by atoms with Gasteiger partial charge in [0.15, 0.2) is 4.34 Å². The number of aryl methyl sites for hydroxylation is 1. The second-order valence-electron chi connectivity index (χ2n) is 5.87. The summed E-state index contributed by atoms with van der Waals surface area (Å²) in [6, 6.07) is 8.17. The molecular weight excluding hydrogens is 340 g/mol. The number of hydrogen-bond acceptors (Lipinski definition) is 6. The number of carbonyl (C=O) groups excluding carboxylic acids is 1. The summed E-state index contributed by atoms with van der Waals surface area (Å²) in [5.41, 5.74) is 2.08. The SMILES string of the molecule is Cc1nnc(SCC(=O)Nc2ccc(N3CCCCCC3)cc2)s1. The van der Waals surface area contributed by atoms with E-state index in [-0.39, 0.29) is 5.91 Å². The number of nitrogens with one attached hydrogen (secondary N) is 1. The van der Waals surface area contributed by atoms with Crippen LogP contribution >= 0.6 is 23.1 Å². The molecule has 1 aliphatic rings. The first-order chi connectivity index (χ1) is 11.7. The Hall–Kier alpha value is -1.60. The van der Waals surface area contributed by atoms with Crippen LogP contribution in [0.15, 0.2) is 28.6 Å². The van der Waals surface area contributed by atoms with E-state index in [4.69, 9.17) is 0 Å². The largest absolute Gasteiger partial charge is 0.372 e. The van der Waals surface area contributed by atoms with Gasteiger partial charge in [0.2, 0.25) is 5.91 Å². The predicted octanol–water partition coefficient (Wildman–Crippen LogP) is 3.96. The molecule has 2 aromatic rings. The van der Waals surface area contributed by atoms with Crippen LogP contribution in [-0.2, 0) is 4.79 Å². The average Bonchev–Trinajstić information content (AvgIpc) is 2.84. The van der Waals surface area contributed by atoms with Crippen LogP contribution in [0.4, 0.5) is 11.4 Å². The second-order valence-corrected chi connectivity index (χ2v) is 8.28. The van der Waals surface area contributed by atoms with Gasteiger partial charge in [-0.3, -0.25) is 4.79 Å². The maximum atomic E-state index is 12.0. The Morgan fingerprint density at radius 2 is 1.88 bits per heavy atom. The summed E-state index contributed by atoms with van der Waals surface area (Å²) in [6.45, 7) is 4.17. The van der Waals surface area contributed by atoms with Gasteiger partial charge in [0.25, 0.3) is 0 Å². The van der Waals surface area contributed by atoms with Gasteiger partial charge in [-0.15, -0.1) is 10.2 Å². The monoisotopic (exact) mass is 362 g/mol. The number of rotatable bonds is 5. The molecule has 0 bridgehead atoms. The number of hydrogen-bond donors (Lipinski definition) is 1. The minimum Gasteiger partial charge on any atom is -0.372 e. The van der Waals surface area contributed by atoms with Crippen molar-refractivity contribution < 1.29 is 4.79 Å². The molecule has 7 heteroatoms. The number of amides is 1. The fourth-order valence-corrected chi connectivity index (χ4v) is 4.36. The van der Waals surface area contributed by atoms with Crippen molar-refractivity contribution in [2.75, 3.05) is 29.1 Å². The lowest BCUT2D eigenvalue weighted by Gasteiger charge is -2.22. The second kappa shape index (κ2) is 8.48. The van der Waals surface area contributed by atoms with E-state index in [1.165, 1.54) is 54.5 Å². The van der Waals surface area contributed by atoms with Crippen LogP contribution in [0, 0.1) is 6.92 Å². The van der Waals surface area contributed by atoms with Crippen LogP contribution in [0.5, 0.6) is 0 Å². The Morgan fingerprint density at radius 1 is 1.17 bits per heavy atom. The molecule has 0 unspecified atom stereocenters. The Balaban J connectivity index is 1.50. The van der Waals surface area contributed by atoms with Gasteiger partial charge in [0.1, 0.15) is 5.01 Å². The average molecular weight is 363 g/mol. The summed E-state index contributed by atoms with van der Waals surface area (Å²) < 4.78 is 0.833. The summed E-state index contributed by atoms with van der Waals surface area (Å²) >= 11 is 2.93. The number of benzene rings is 1. The molecule has 1 N–H and O–H groups in total. The fourth-order valence-electron chi connectivity index (χ4n) is 2.75. The smallest absolute Gasteiger partial charge is 0.234 e. The molecule has 1 saturated heterocycles. The molecule has 1 fully saturated rings. The summed E-state index contributed by atoms with van der Waals surface area (Å²) in [5, 5.41) is 11.8. The van der Waals surface area contributed by atoms with E-state index in [1.807, 2.05) is 19.1 Å². The van der Waals surface area contributed by atoms with Gasteiger partial charge in [0, 0.05) is 24.5 Å². The van der Waals surface area contributed by atoms with E-state index in [9.17, 15) is 4.79 Å². The van der Waals surface area contributed by atoms with E-state index in [0.717, 1.165) is 28.1 Å². The van der Waals surface area contributed by atoms with Crippen molar-refractivity contribution in [1.82, 2.24) is 10.2 Å². The fraction of sp³-hybridized carbons (Fsp3) is 0.471. The molecule has 128 valence electrons. The molecule has 0 atom stereocenters. The minimum absolute atomic E-state index is 0.0182. The van der Waals surface area contributed by atoms with E-state index in [0.29, 0.717) is 5.75 Å². The number of anilines is 2. The van der Waals surface area contributed by atoms with Crippen LogP contribution in [0.3, 0.4) is 0 Å². The molecule has 1 aromatic heterocycles. The number of carbonyl (C=O) groups is 1. The first kappa shape index (κ1) is 17.2. The maximum Gasteiger partial charge on any atom is 0.234 e. The zero-order chi connectivity index (χ0) is 16.8. The van der Waals surface area contributed by atoms with Gasteiger partial charge >= 0.3 is 0 Å². The zero-order valence-corrected chi connectivity index (χ0v) is 15.5. The highest BCUT2D eigenvalue weighted by atomic mass is 32.2. The van der Waals surface area contributed by atoms with Crippen molar-refractivity contribution in [2.45, 2.75) is 36.9 Å². The van der Waals surface area contributed by atoms with Crippen LogP contribution in [0.1, 0.15) is 30.7 Å². The normalized spacial score (nSPS) is 15.1. The highest BCUT2D eigenvalue weighted by Crippen LogP contribution is 2.23. The topological polar surface area (TPSA) is 58.1 Å². The van der Waals surface area contributed by atoms with Gasteiger partial charge in [-0.1, -0.05) is 35.9 Å². The van der Waals surface area contributed by atoms with Gasteiger partial charge in [0.05, 0.1) is 5.75 Å². The van der Waals surface area contributed by atoms with Crippen LogP contribution < -0.4 is 10.2 Å². The lowest BCUT2D eigenvalue weighted by molar-refractivity contribution is -0.113. The third-order valence-corrected chi connectivity index (χ3v) is 5.93. The highest BCUT2D eigenvalue weighted by Gasteiger charge is 2.10. The van der Waals surface area contributed by atoms with Gasteiger partial charge in [-0.25, -0.2) is 0 Å². The summed E-state index contributed by atoms with van der Waals surface area (Å²) in [4.78, 5) is 14.5. The van der Waals surface area contributed by atoms with E-state index in [2.05, 4.69) is 32.5 Å². The van der Waals surface area contributed by atoms with Crippen LogP contribution in [0.2, 0.25) is 0 Å². The lowest BCUT2D eigenvalue weighted by Crippen LogP contribution is -2.23. The molecule has 5 nitrogen and oxygen atoms in total. The van der Waals surface area contributed by atoms with Crippen molar-refractivity contribution in [1.29, 1.82) is 0 Å². The quantitative estimate of drug-likeness (QED) is 0.816. The first-order valence-electron chi connectivity index (χ1n) is 8.28. The van der Waals surface area contributed by atoms with Crippen LogP contribution in [-0.4, -0.2) is 34.9 Å². The molecule has 1 aromatic carbocycles. The van der Waals surface area contributed by atoms with Crippen molar-refractivity contribution in [3.05, 3.63) is 29.3 Å². The lowest BCUT2D eigenvalue weighted by atomic mass is 10.2. The van der Waals surface area contributed by atoms with Crippen molar-refractivity contribution in [2.24, 2.45) is 0 Å². The van der Waals surface area contributed by atoms with Gasteiger partial charge < -0.3 is 10.2 Å². The molecule has 0 saturated carbocycles. The summed E-state index contributed by atoms with van der Waals surface area (Å²) in [5.74, 6) is 0.332. The Bertz CT molecular complexity index is 663. The van der Waals surface area contributed by atoms with Crippen LogP contribution in [0.25, 0.3) is 0 Å². The standard InChI is InChI=1S/C17H22N4OS2/c1-13-19-20-17(24-13)23-12-16(22)18-14-6-8-15(9-7-14)21-10-4-2-3-5-11-21/h6-9H,2-5,10-12H2,1H3,(H,18,22). The third-order valence-electron chi connectivity index (χ3n) is 3.96. The molecule has 1 amide bonds. The third kappa shape index (κ3) is 4.95. The molecule has 2 heterocycles. The Kier molecular flexibility index (Phi) is 6.09. The van der Waals surface area contributed by atoms with E-state index in [1.54, 1.807) is 0 Å². The molecule has 0 spiro atoms. The predicted molar refractivity (Wildman–Crippen MR) is 101 cm³/mol. The summed E-state index contributed by atoms with van der Waals surface area (Å²) in [6.07, 6.45) is 5.19. The van der Waals surface area contributed by atoms with Crippen molar-refractivity contribution in [3.8, 4) is 0 Å². The van der Waals surface area contributed by atoms with Gasteiger partial charge in [-0.2, -0.15) is 0 Å². The molecule has 24 heavy (non-hydrogen) atoms. The first-order valence-corrected chi connectivity index (χ1v) is 10.1. The zero-order valence-electron chi connectivity index (χ0n) is 13.8. The van der Waals surface area contributed by atoms with Crippen molar-refractivity contribution >= 4 is 40.4 Å². The number of thioether (sulfide) groups is 1. The molecule has 0 radical (unpaired) electrons. The Morgan fingerprint density at radius 3 is 2.50 bits per heavy atom. The van der Waals surface area contributed by atoms with E-state index >= 15 is 0 Å². The molecular formula is C17H22N4OS2. The number of nitrogens with zero attached hydrogens (tertiary/aromatic N) is 3. The molecule has 0 aliphatic carbocycles. The van der Waals surface area contributed by atoms with Gasteiger partial charge in [-0.05, 0) is 44.0 Å². The highest BCUT2D eigenvalue weighted by molar-refractivity contribution is 8.01. The Labute approximate surface area is 150 Å². The minimum atomic E-state index is -0.0182. The molecule has 1 aliphatic heterocycles. The summed E-state index contributed by atoms with van der Waals surface area (Å²) in [7, 11) is 0. The maximum absolute atomic E-state index is 12.0. The van der Waals surface area contributed by atoms with E-state index < -0.39 is 0 Å².